The molecule has 0 aliphatic heterocycles. The number of rotatable bonds is 0. The molecule has 3 rings (SSSR count). The lowest BCUT2D eigenvalue weighted by Gasteiger charge is -2.14. The van der Waals surface area contributed by atoms with Crippen molar-refractivity contribution in [1.82, 2.24) is 0 Å². The van der Waals surface area contributed by atoms with E-state index in [2.05, 4.69) is 52.0 Å². The summed E-state index contributed by atoms with van der Waals surface area (Å²) in [6.07, 6.45) is 3.69. The third kappa shape index (κ3) is 2.10. The van der Waals surface area contributed by atoms with Crippen LogP contribution in [-0.4, -0.2) is 0 Å². The number of hydrogen-bond donors (Lipinski definition) is 0. The van der Waals surface area contributed by atoms with E-state index in [9.17, 15) is 0 Å². The first-order valence-corrected chi connectivity index (χ1v) is 7.27. The molecule has 0 unspecified atom stereocenters. The molecule has 0 saturated carbocycles. The van der Waals surface area contributed by atoms with E-state index in [1.165, 1.54) is 63.8 Å². The summed E-state index contributed by atoms with van der Waals surface area (Å²) in [6.45, 7) is 8.89. The van der Waals surface area contributed by atoms with Crippen molar-refractivity contribution >= 4 is 0 Å². The smallest absolute Gasteiger partial charge is 0.0146 e. The maximum Gasteiger partial charge on any atom is -0.0146 e. The third-order valence-electron chi connectivity index (χ3n) is 4.62. The Hall–Kier alpha value is -1.56. The molecule has 0 aromatic heterocycles. The van der Waals surface area contributed by atoms with E-state index in [4.69, 9.17) is 0 Å². The monoisotopic (exact) mass is 250 g/mol. The second-order valence-electron chi connectivity index (χ2n) is 6.04. The fraction of sp³-hybridized carbons (Fsp3) is 0.368. The van der Waals surface area contributed by atoms with Crippen LogP contribution >= 0.6 is 0 Å². The largest absolute Gasteiger partial charge is 0.0552 e. The minimum Gasteiger partial charge on any atom is -0.0552 e. The van der Waals surface area contributed by atoms with Gasteiger partial charge < -0.3 is 0 Å². The van der Waals surface area contributed by atoms with Crippen molar-refractivity contribution in [2.45, 2.75) is 47.0 Å². The van der Waals surface area contributed by atoms with E-state index >= 15 is 0 Å². The van der Waals surface area contributed by atoms with Crippen LogP contribution in [0.1, 0.15) is 39.8 Å². The molecule has 0 fully saturated rings. The molecule has 0 bridgehead atoms. The van der Waals surface area contributed by atoms with Gasteiger partial charge in [-0.2, -0.15) is 0 Å². The van der Waals surface area contributed by atoms with Gasteiger partial charge in [-0.3, -0.25) is 0 Å². The summed E-state index contributed by atoms with van der Waals surface area (Å²) in [5.41, 5.74) is 11.7. The maximum absolute atomic E-state index is 2.40. The van der Waals surface area contributed by atoms with Gasteiger partial charge >= 0.3 is 0 Å². The fourth-order valence-corrected chi connectivity index (χ4v) is 3.14. The predicted octanol–water partition coefficient (Wildman–Crippen LogP) is 5.08. The Kier molecular flexibility index (Phi) is 2.97. The first-order chi connectivity index (χ1) is 9.06. The van der Waals surface area contributed by atoms with Gasteiger partial charge in [0.2, 0.25) is 0 Å². The van der Waals surface area contributed by atoms with E-state index in [0.29, 0.717) is 0 Å². The Bertz CT molecular complexity index is 590. The van der Waals surface area contributed by atoms with E-state index in [1.807, 2.05) is 0 Å². The van der Waals surface area contributed by atoms with Crippen molar-refractivity contribution in [1.29, 1.82) is 0 Å². The highest BCUT2D eigenvalue weighted by Gasteiger charge is 2.16. The minimum absolute atomic E-state index is 1.21. The van der Waals surface area contributed by atoms with Gasteiger partial charge in [-0.25, -0.2) is 0 Å². The summed E-state index contributed by atoms with van der Waals surface area (Å²) >= 11 is 0. The molecule has 2 aromatic carbocycles. The van der Waals surface area contributed by atoms with E-state index in [-0.39, 0.29) is 0 Å². The molecule has 19 heavy (non-hydrogen) atoms. The highest BCUT2D eigenvalue weighted by molar-refractivity contribution is 5.74. The molecule has 0 nitrogen and oxygen atoms in total. The van der Waals surface area contributed by atoms with Crippen LogP contribution in [0.2, 0.25) is 0 Å². The summed E-state index contributed by atoms with van der Waals surface area (Å²) in [6, 6.07) is 9.58. The molecule has 2 aromatic rings. The average Bonchev–Trinajstić information content (AvgIpc) is 2.51. The molecule has 0 saturated heterocycles. The van der Waals surface area contributed by atoms with Crippen molar-refractivity contribution in [2.75, 3.05) is 0 Å². The Balaban J connectivity index is 2.29. The summed E-state index contributed by atoms with van der Waals surface area (Å²) in [5.74, 6) is 0. The van der Waals surface area contributed by atoms with Gasteiger partial charge in [0.15, 0.2) is 0 Å². The van der Waals surface area contributed by atoms with Crippen molar-refractivity contribution in [3.05, 3.63) is 57.6 Å². The average molecular weight is 250 g/mol. The molecule has 0 amide bonds. The highest BCUT2D eigenvalue weighted by atomic mass is 14.2. The third-order valence-corrected chi connectivity index (χ3v) is 4.62. The lowest BCUT2D eigenvalue weighted by atomic mass is 9.90. The normalized spacial score (nSPS) is 13.7. The molecule has 0 radical (unpaired) electrons. The van der Waals surface area contributed by atoms with Crippen LogP contribution in [0.3, 0.4) is 0 Å². The van der Waals surface area contributed by atoms with E-state index in [0.717, 1.165) is 0 Å². The Morgan fingerprint density at radius 2 is 0.947 bits per heavy atom. The lowest BCUT2D eigenvalue weighted by molar-refractivity contribution is 0.833. The van der Waals surface area contributed by atoms with Crippen molar-refractivity contribution in [3.8, 4) is 11.1 Å². The maximum atomic E-state index is 2.40. The fourth-order valence-electron chi connectivity index (χ4n) is 3.14. The molecule has 0 heteroatoms. The zero-order valence-corrected chi connectivity index (χ0v) is 12.4. The van der Waals surface area contributed by atoms with Gasteiger partial charge in [0.1, 0.15) is 0 Å². The van der Waals surface area contributed by atoms with Crippen molar-refractivity contribution in [3.63, 3.8) is 0 Å². The first kappa shape index (κ1) is 12.5. The van der Waals surface area contributed by atoms with Gasteiger partial charge in [0.25, 0.3) is 0 Å². The molecule has 0 heterocycles. The van der Waals surface area contributed by atoms with E-state index in [1.54, 1.807) is 0 Å². The lowest BCUT2D eigenvalue weighted by Crippen LogP contribution is -1.94. The van der Waals surface area contributed by atoms with Gasteiger partial charge in [-0.05, 0) is 91.5 Å². The number of hydrogen-bond acceptors (Lipinski definition) is 0. The number of aryl methyl sites for hydroxylation is 6. The molecule has 1 aliphatic carbocycles. The summed E-state index contributed by atoms with van der Waals surface area (Å²) in [4.78, 5) is 0. The quantitative estimate of drug-likeness (QED) is 0.612. The topological polar surface area (TPSA) is 0 Å². The van der Waals surface area contributed by atoms with Crippen LogP contribution in [0.4, 0.5) is 0 Å². The molecule has 1 aliphatic rings. The highest BCUT2D eigenvalue weighted by Crippen LogP contribution is 2.35. The van der Waals surface area contributed by atoms with Crippen LogP contribution in [0.5, 0.6) is 0 Å². The standard InChI is InChI=1S/C19H22/c1-12-8-16-6-5-7-17-9-13(2)15(4)11-19(17)18(16)10-14(12)3/h8-11H,5-7H2,1-4H3. The van der Waals surface area contributed by atoms with E-state index < -0.39 is 0 Å². The van der Waals surface area contributed by atoms with Crippen LogP contribution in [0, 0.1) is 27.7 Å². The van der Waals surface area contributed by atoms with Crippen LogP contribution < -0.4 is 0 Å². The van der Waals surface area contributed by atoms with Crippen molar-refractivity contribution < 1.29 is 0 Å². The first-order valence-electron chi connectivity index (χ1n) is 7.27. The Labute approximate surface area is 116 Å². The minimum atomic E-state index is 1.21. The molecule has 0 spiro atoms. The number of benzene rings is 2. The van der Waals surface area contributed by atoms with Crippen LogP contribution in [0.25, 0.3) is 11.1 Å². The Morgan fingerprint density at radius 1 is 0.579 bits per heavy atom. The summed E-state index contributed by atoms with van der Waals surface area (Å²) in [5, 5.41) is 0. The van der Waals surface area contributed by atoms with Gasteiger partial charge in [0.05, 0.1) is 0 Å². The van der Waals surface area contributed by atoms with Gasteiger partial charge in [-0.1, -0.05) is 24.3 Å². The van der Waals surface area contributed by atoms with Gasteiger partial charge in [0, 0.05) is 0 Å². The van der Waals surface area contributed by atoms with Crippen molar-refractivity contribution in [2.24, 2.45) is 0 Å². The molecule has 98 valence electrons. The summed E-state index contributed by atoms with van der Waals surface area (Å²) in [7, 11) is 0. The second kappa shape index (κ2) is 4.52. The molecule has 0 N–H and O–H groups in total. The van der Waals surface area contributed by atoms with Crippen LogP contribution in [-0.2, 0) is 12.8 Å². The SMILES string of the molecule is Cc1cc2c(cc1C)-c1cc(C)c(C)cc1CCC2. The predicted molar refractivity (Wildman–Crippen MR) is 82.9 cm³/mol. The zero-order valence-electron chi connectivity index (χ0n) is 12.4. The summed E-state index contributed by atoms with van der Waals surface area (Å²) < 4.78 is 0. The Morgan fingerprint density at radius 3 is 1.37 bits per heavy atom. The molecular weight excluding hydrogens is 228 g/mol. The van der Waals surface area contributed by atoms with Crippen LogP contribution in [0.15, 0.2) is 24.3 Å². The number of fused-ring (bicyclic) bond motifs is 3. The zero-order chi connectivity index (χ0) is 13.6. The second-order valence-corrected chi connectivity index (χ2v) is 6.04. The molecular formula is C19H22. The van der Waals surface area contributed by atoms with Gasteiger partial charge in [-0.15, -0.1) is 0 Å². The molecule has 0 atom stereocenters.